The van der Waals surface area contributed by atoms with E-state index in [4.69, 9.17) is 5.11 Å². The van der Waals surface area contributed by atoms with E-state index in [1.807, 2.05) is 4.72 Å². The van der Waals surface area contributed by atoms with Crippen molar-refractivity contribution in [1.29, 1.82) is 0 Å². The molecule has 0 fully saturated rings. The minimum Gasteiger partial charge on any atom is -0.482 e. The zero-order valence-electron chi connectivity index (χ0n) is 10.7. The Morgan fingerprint density at radius 1 is 1.38 bits per heavy atom. The molecule has 10 heteroatoms. The van der Waals surface area contributed by atoms with E-state index in [2.05, 4.69) is 4.74 Å². The molecule has 118 valence electrons. The number of alkyl halides is 3. The normalized spacial score (nSPS) is 13.5. The van der Waals surface area contributed by atoms with Crippen LogP contribution < -0.4 is 9.46 Å². The lowest BCUT2D eigenvalue weighted by molar-refractivity contribution is -0.153. The minimum atomic E-state index is -4.58. The Hall–Kier alpha value is -1.97. The first kappa shape index (κ1) is 17.1. The van der Waals surface area contributed by atoms with E-state index in [1.54, 1.807) is 0 Å². The maximum atomic E-state index is 12.1. The van der Waals surface area contributed by atoms with Gasteiger partial charge in [0, 0.05) is 0 Å². The lowest BCUT2D eigenvalue weighted by Crippen LogP contribution is -2.32. The molecule has 6 nitrogen and oxygen atoms in total. The number of carbonyl (C=O) groups is 1. The number of hydrogen-bond acceptors (Lipinski definition) is 4. The van der Waals surface area contributed by atoms with Crippen LogP contribution in [0.4, 0.5) is 18.9 Å². The Bertz CT molecular complexity index is 615. The molecule has 1 aromatic carbocycles. The molecule has 1 atom stereocenters. The zero-order chi connectivity index (χ0) is 16.3. The number of para-hydroxylation sites is 2. The number of benzene rings is 1. The number of halogens is 3. The van der Waals surface area contributed by atoms with Crippen molar-refractivity contribution in [3.05, 3.63) is 24.3 Å². The van der Waals surface area contributed by atoms with E-state index in [1.165, 1.54) is 12.1 Å². The van der Waals surface area contributed by atoms with Gasteiger partial charge < -0.3 is 9.84 Å². The van der Waals surface area contributed by atoms with Crippen LogP contribution in [0, 0.1) is 0 Å². The monoisotopic (exact) mass is 327 g/mol. The van der Waals surface area contributed by atoms with Gasteiger partial charge in [-0.3, -0.25) is 9.52 Å². The summed E-state index contributed by atoms with van der Waals surface area (Å²) in [6.07, 6.45) is -4.58. The van der Waals surface area contributed by atoms with Crippen molar-refractivity contribution in [2.75, 3.05) is 11.3 Å². The molecule has 0 spiro atoms. The number of hydrogen-bond donors (Lipinski definition) is 2. The summed E-state index contributed by atoms with van der Waals surface area (Å²) >= 11 is 0. The first-order valence-electron chi connectivity index (χ1n) is 5.56. The molecular weight excluding hydrogens is 315 g/mol. The molecule has 1 rings (SSSR count). The molecule has 1 aromatic rings. The molecule has 0 bridgehead atoms. The summed E-state index contributed by atoms with van der Waals surface area (Å²) in [6, 6.07) is 5.01. The third-order valence-electron chi connectivity index (χ3n) is 2.34. The summed E-state index contributed by atoms with van der Waals surface area (Å²) < 4.78 is 66.2. The maximum absolute atomic E-state index is 12.1. The molecule has 0 saturated heterocycles. The van der Waals surface area contributed by atoms with Crippen LogP contribution in [0.5, 0.6) is 5.75 Å². The molecule has 0 radical (unpaired) electrons. The summed E-state index contributed by atoms with van der Waals surface area (Å²) in [5.74, 6) is -1.94. The average Bonchev–Trinajstić information content (AvgIpc) is 2.35. The standard InChI is InChI=1S/C11H12F3NO5S/c1-7(10(16)17)21(18,19)15-8-4-2-3-5-9(8)20-6-11(12,13)14/h2-5,7,15H,6H2,1H3,(H,16,17). The van der Waals surface area contributed by atoms with Crippen molar-refractivity contribution in [1.82, 2.24) is 0 Å². The molecule has 0 saturated carbocycles. The number of carboxylic acid groups (broad SMARTS) is 1. The molecular formula is C11H12F3NO5S. The second-order valence-electron chi connectivity index (χ2n) is 4.03. The van der Waals surface area contributed by atoms with Gasteiger partial charge in [-0.2, -0.15) is 13.2 Å². The van der Waals surface area contributed by atoms with Gasteiger partial charge in [0.15, 0.2) is 11.9 Å². The smallest absolute Gasteiger partial charge is 0.422 e. The Morgan fingerprint density at radius 3 is 2.48 bits per heavy atom. The van der Waals surface area contributed by atoms with E-state index in [0.717, 1.165) is 19.1 Å². The van der Waals surface area contributed by atoms with Gasteiger partial charge in [-0.05, 0) is 19.1 Å². The van der Waals surface area contributed by atoms with Gasteiger partial charge in [-0.15, -0.1) is 0 Å². The average molecular weight is 327 g/mol. The molecule has 0 aromatic heterocycles. The molecule has 2 N–H and O–H groups in total. The third kappa shape index (κ3) is 5.14. The van der Waals surface area contributed by atoms with Crippen molar-refractivity contribution >= 4 is 21.7 Å². The van der Waals surface area contributed by atoms with Crippen molar-refractivity contribution in [2.24, 2.45) is 0 Å². The van der Waals surface area contributed by atoms with Crippen molar-refractivity contribution in [3.63, 3.8) is 0 Å². The molecule has 0 heterocycles. The summed E-state index contributed by atoms with van der Waals surface area (Å²) in [7, 11) is -4.30. The molecule has 0 aliphatic carbocycles. The van der Waals surface area contributed by atoms with Gasteiger partial charge in [0.25, 0.3) is 0 Å². The number of rotatable bonds is 6. The number of sulfonamides is 1. The van der Waals surface area contributed by atoms with Crippen LogP contribution >= 0.6 is 0 Å². The topological polar surface area (TPSA) is 92.7 Å². The summed E-state index contributed by atoms with van der Waals surface area (Å²) in [4.78, 5) is 10.7. The largest absolute Gasteiger partial charge is 0.482 e. The zero-order valence-corrected chi connectivity index (χ0v) is 11.5. The highest BCUT2D eigenvalue weighted by molar-refractivity contribution is 7.94. The van der Waals surface area contributed by atoms with Crippen LogP contribution in [0.3, 0.4) is 0 Å². The predicted octanol–water partition coefficient (Wildman–Crippen LogP) is 1.84. The Morgan fingerprint density at radius 2 is 1.95 bits per heavy atom. The Kier molecular flexibility index (Phi) is 5.05. The van der Waals surface area contributed by atoms with Gasteiger partial charge in [-0.25, -0.2) is 8.42 Å². The number of nitrogens with one attached hydrogen (secondary N) is 1. The van der Waals surface area contributed by atoms with Crippen LogP contribution in [0.1, 0.15) is 6.92 Å². The number of carboxylic acids is 1. The second kappa shape index (κ2) is 6.20. The van der Waals surface area contributed by atoms with Crippen LogP contribution in [0.15, 0.2) is 24.3 Å². The van der Waals surface area contributed by atoms with Crippen molar-refractivity contribution in [2.45, 2.75) is 18.3 Å². The number of ether oxygens (including phenoxy) is 1. The van der Waals surface area contributed by atoms with Crippen molar-refractivity contribution < 1.29 is 36.2 Å². The van der Waals surface area contributed by atoms with Crippen LogP contribution in [0.25, 0.3) is 0 Å². The molecule has 0 amide bonds. The van der Waals surface area contributed by atoms with Crippen LogP contribution in [0.2, 0.25) is 0 Å². The van der Waals surface area contributed by atoms with Gasteiger partial charge >= 0.3 is 12.1 Å². The third-order valence-corrected chi connectivity index (χ3v) is 3.98. The van der Waals surface area contributed by atoms with Gasteiger partial charge in [0.05, 0.1) is 5.69 Å². The second-order valence-corrected chi connectivity index (χ2v) is 6.03. The highest BCUT2D eigenvalue weighted by atomic mass is 32.2. The molecule has 0 aliphatic heterocycles. The SMILES string of the molecule is CC(C(=O)O)S(=O)(=O)Nc1ccccc1OCC(F)(F)F. The Labute approximate surface area is 118 Å². The van der Waals surface area contributed by atoms with E-state index in [0.29, 0.717) is 0 Å². The van der Waals surface area contributed by atoms with E-state index in [-0.39, 0.29) is 11.4 Å². The Balaban J connectivity index is 2.97. The van der Waals surface area contributed by atoms with Crippen LogP contribution in [-0.2, 0) is 14.8 Å². The van der Waals surface area contributed by atoms with Gasteiger partial charge in [-0.1, -0.05) is 12.1 Å². The molecule has 1 unspecified atom stereocenters. The van der Waals surface area contributed by atoms with E-state index < -0.39 is 34.0 Å². The van der Waals surface area contributed by atoms with Gasteiger partial charge in [0.1, 0.15) is 5.75 Å². The van der Waals surface area contributed by atoms with E-state index >= 15 is 0 Å². The van der Waals surface area contributed by atoms with E-state index in [9.17, 15) is 26.4 Å². The van der Waals surface area contributed by atoms with Gasteiger partial charge in [0.2, 0.25) is 10.0 Å². The first-order valence-corrected chi connectivity index (χ1v) is 7.10. The molecule has 0 aliphatic rings. The summed E-state index contributed by atoms with van der Waals surface area (Å²) in [5.41, 5.74) is -0.269. The number of aliphatic carboxylic acids is 1. The highest BCUT2D eigenvalue weighted by Crippen LogP contribution is 2.27. The summed E-state index contributed by atoms with van der Waals surface area (Å²) in [6.45, 7) is -0.663. The minimum absolute atomic E-state index is 0.269. The fourth-order valence-corrected chi connectivity index (χ4v) is 2.13. The first-order chi connectivity index (χ1) is 9.53. The quantitative estimate of drug-likeness (QED) is 0.832. The number of anilines is 1. The molecule has 21 heavy (non-hydrogen) atoms. The fourth-order valence-electron chi connectivity index (χ4n) is 1.21. The maximum Gasteiger partial charge on any atom is 0.422 e. The fraction of sp³-hybridized carbons (Fsp3) is 0.364. The lowest BCUT2D eigenvalue weighted by atomic mass is 10.3. The highest BCUT2D eigenvalue weighted by Gasteiger charge is 2.30. The van der Waals surface area contributed by atoms with Crippen molar-refractivity contribution in [3.8, 4) is 5.75 Å². The predicted molar refractivity (Wildman–Crippen MR) is 67.6 cm³/mol. The summed E-state index contributed by atoms with van der Waals surface area (Å²) in [5, 5.41) is 6.91. The van der Waals surface area contributed by atoms with Crippen LogP contribution in [-0.4, -0.2) is 37.5 Å². The lowest BCUT2D eigenvalue weighted by Gasteiger charge is -2.16.